The van der Waals surface area contributed by atoms with Crippen molar-refractivity contribution in [3.8, 4) is 0 Å². The van der Waals surface area contributed by atoms with Gasteiger partial charge in [0.2, 0.25) is 0 Å². The van der Waals surface area contributed by atoms with Crippen LogP contribution in [0.15, 0.2) is 77.4 Å². The maximum absolute atomic E-state index is 8.81. The van der Waals surface area contributed by atoms with Crippen molar-refractivity contribution in [3.05, 3.63) is 99.8 Å². The van der Waals surface area contributed by atoms with Crippen molar-refractivity contribution in [3.63, 3.8) is 0 Å². The summed E-state index contributed by atoms with van der Waals surface area (Å²) in [6, 6.07) is 25.2. The molecule has 1 aromatic heterocycles. The van der Waals surface area contributed by atoms with E-state index in [0.29, 0.717) is 0 Å². The van der Waals surface area contributed by atoms with E-state index in [9.17, 15) is 0 Å². The predicted octanol–water partition coefficient (Wildman–Crippen LogP) is 3.50. The highest BCUT2D eigenvalue weighted by Crippen LogP contribution is 2.19. The third-order valence-electron chi connectivity index (χ3n) is 3.49. The zero-order valence-corrected chi connectivity index (χ0v) is 16.0. The number of benzene rings is 2. The number of hydrogen-bond donors (Lipinski definition) is 2. The van der Waals surface area contributed by atoms with Crippen LogP contribution >= 0.6 is 15.9 Å². The lowest BCUT2D eigenvalue weighted by molar-refractivity contribution is 0.616. The fourth-order valence-corrected chi connectivity index (χ4v) is 2.77. The quantitative estimate of drug-likeness (QED) is 0.502. The minimum atomic E-state index is -2.62. The zero-order valence-electron chi connectivity index (χ0n) is 13.5. The first-order chi connectivity index (χ1) is 12.0. The standard InChI is InChI=1S/C19H16BrN.H3NO2S/c20-19-12-11-17(13-15-7-3-1-4-8-15)18(21-19)14-16-9-5-2-6-10-16;1-4(2)3/h1-12H,13-14H2;4H,(H2,1,2,3). The van der Waals surface area contributed by atoms with E-state index in [1.807, 2.05) is 18.2 Å². The van der Waals surface area contributed by atoms with E-state index in [1.54, 1.807) is 0 Å². The molecule has 0 saturated carbocycles. The molecule has 0 aliphatic rings. The van der Waals surface area contributed by atoms with Gasteiger partial charge in [-0.2, -0.15) is 0 Å². The first-order valence-electron chi connectivity index (χ1n) is 7.66. The third-order valence-corrected chi connectivity index (χ3v) is 3.93. The number of thiol groups is 1. The Morgan fingerprint density at radius 1 is 0.800 bits per heavy atom. The second kappa shape index (κ2) is 10.1. The lowest BCUT2D eigenvalue weighted by Gasteiger charge is -2.10. The molecule has 0 saturated heterocycles. The summed E-state index contributed by atoms with van der Waals surface area (Å²) >= 11 is 3.48. The summed E-state index contributed by atoms with van der Waals surface area (Å²) in [5.41, 5.74) is 5.03. The highest BCUT2D eigenvalue weighted by molar-refractivity contribution is 9.10. The van der Waals surface area contributed by atoms with Crippen LogP contribution in [0.5, 0.6) is 0 Å². The van der Waals surface area contributed by atoms with Gasteiger partial charge in [-0.3, -0.25) is 0 Å². The Morgan fingerprint density at radius 2 is 1.28 bits per heavy atom. The summed E-state index contributed by atoms with van der Waals surface area (Å²) in [4.78, 5) is 4.68. The Hall–Kier alpha value is -2.02. The number of nitrogens with zero attached hydrogens (tertiary/aromatic N) is 1. The van der Waals surface area contributed by atoms with Crippen molar-refractivity contribution < 1.29 is 8.42 Å². The van der Waals surface area contributed by atoms with Crippen LogP contribution in [0.25, 0.3) is 0 Å². The molecule has 2 N–H and O–H groups in total. The van der Waals surface area contributed by atoms with Crippen LogP contribution in [0, 0.1) is 0 Å². The molecular formula is C19H19BrN2O2S. The first-order valence-corrected chi connectivity index (χ1v) is 9.70. The van der Waals surface area contributed by atoms with Crippen LogP contribution in [-0.2, 0) is 23.7 Å². The highest BCUT2D eigenvalue weighted by atomic mass is 79.9. The van der Waals surface area contributed by atoms with E-state index in [2.05, 4.69) is 80.7 Å². The molecule has 4 nitrogen and oxygen atoms in total. The number of nitrogens with two attached hydrogens (primary N) is 1. The molecule has 0 atom stereocenters. The summed E-state index contributed by atoms with van der Waals surface area (Å²) in [6.07, 6.45) is 1.78. The Kier molecular flexibility index (Phi) is 7.78. The monoisotopic (exact) mass is 418 g/mol. The van der Waals surface area contributed by atoms with Gasteiger partial charge in [0.25, 0.3) is 0 Å². The number of aromatic nitrogens is 1. The number of hydrogen-bond acceptors (Lipinski definition) is 3. The minimum Gasteiger partial charge on any atom is -0.245 e. The van der Waals surface area contributed by atoms with Gasteiger partial charge in [-0.15, -0.1) is 0 Å². The first kappa shape index (κ1) is 19.3. The highest BCUT2D eigenvalue weighted by Gasteiger charge is 2.07. The topological polar surface area (TPSA) is 73.0 Å². The molecule has 25 heavy (non-hydrogen) atoms. The van der Waals surface area contributed by atoms with E-state index in [0.717, 1.165) is 23.1 Å². The van der Waals surface area contributed by atoms with Crippen molar-refractivity contribution in [2.75, 3.05) is 0 Å². The van der Waals surface area contributed by atoms with Gasteiger partial charge in [-0.1, -0.05) is 66.7 Å². The van der Waals surface area contributed by atoms with Crippen LogP contribution in [0.1, 0.15) is 22.4 Å². The Balaban J connectivity index is 0.000000511. The smallest absolute Gasteiger partial charge is 0.198 e. The van der Waals surface area contributed by atoms with E-state index in [4.69, 9.17) is 8.42 Å². The van der Waals surface area contributed by atoms with Crippen molar-refractivity contribution >= 4 is 26.8 Å². The van der Waals surface area contributed by atoms with Crippen LogP contribution in [0.2, 0.25) is 0 Å². The van der Waals surface area contributed by atoms with Gasteiger partial charge in [0.15, 0.2) is 10.9 Å². The molecule has 0 aliphatic heterocycles. The van der Waals surface area contributed by atoms with Gasteiger partial charge in [0.05, 0.1) is 0 Å². The van der Waals surface area contributed by atoms with E-state index >= 15 is 0 Å². The molecule has 0 bridgehead atoms. The van der Waals surface area contributed by atoms with Crippen molar-refractivity contribution in [2.45, 2.75) is 12.8 Å². The van der Waals surface area contributed by atoms with Gasteiger partial charge >= 0.3 is 0 Å². The lowest BCUT2D eigenvalue weighted by Crippen LogP contribution is -2.00. The van der Waals surface area contributed by atoms with Gasteiger partial charge in [0, 0.05) is 12.1 Å². The molecule has 0 fully saturated rings. The largest absolute Gasteiger partial charge is 0.245 e. The average molecular weight is 419 g/mol. The van der Waals surface area contributed by atoms with Crippen LogP contribution in [0.4, 0.5) is 0 Å². The summed E-state index contributed by atoms with van der Waals surface area (Å²) in [6.45, 7) is 0. The Morgan fingerprint density at radius 3 is 1.80 bits per heavy atom. The third kappa shape index (κ3) is 7.17. The molecule has 0 amide bonds. The SMILES string of the molecule is Brc1ccc(Cc2ccccc2)c(Cc2ccccc2)n1.N[SH](=O)=O. The maximum Gasteiger partial charge on any atom is 0.198 e. The summed E-state index contributed by atoms with van der Waals surface area (Å²) in [5, 5.41) is 4.06. The van der Waals surface area contributed by atoms with Crippen molar-refractivity contribution in [2.24, 2.45) is 5.14 Å². The maximum atomic E-state index is 8.81. The fraction of sp³-hybridized carbons (Fsp3) is 0.105. The summed E-state index contributed by atoms with van der Waals surface area (Å²) in [7, 11) is -2.62. The predicted molar refractivity (Wildman–Crippen MR) is 105 cm³/mol. The Bertz CT molecular complexity index is 861. The molecule has 2 aromatic carbocycles. The zero-order chi connectivity index (χ0) is 18.1. The molecule has 130 valence electrons. The normalized spacial score (nSPS) is 10.2. The number of rotatable bonds is 4. The van der Waals surface area contributed by atoms with Crippen molar-refractivity contribution in [1.82, 2.24) is 4.98 Å². The summed E-state index contributed by atoms with van der Waals surface area (Å²) in [5.74, 6) is 0. The molecule has 0 spiro atoms. The molecule has 3 aromatic rings. The van der Waals surface area contributed by atoms with E-state index < -0.39 is 10.9 Å². The Labute approximate surface area is 158 Å². The van der Waals surface area contributed by atoms with E-state index in [-0.39, 0.29) is 0 Å². The molecule has 1 heterocycles. The lowest BCUT2D eigenvalue weighted by atomic mass is 10.00. The summed E-state index contributed by atoms with van der Waals surface area (Å²) < 4.78 is 18.5. The molecule has 0 aliphatic carbocycles. The molecule has 0 unspecified atom stereocenters. The number of pyridine rings is 1. The number of halogens is 1. The molecule has 6 heteroatoms. The second-order valence-electron chi connectivity index (χ2n) is 5.35. The fourth-order valence-electron chi connectivity index (χ4n) is 2.42. The molecule has 3 rings (SSSR count). The van der Waals surface area contributed by atoms with Crippen molar-refractivity contribution in [1.29, 1.82) is 0 Å². The van der Waals surface area contributed by atoms with Gasteiger partial charge in [-0.05, 0) is 45.1 Å². The molecule has 0 radical (unpaired) electrons. The average Bonchev–Trinajstić information content (AvgIpc) is 2.59. The van der Waals surface area contributed by atoms with Crippen LogP contribution in [-0.4, -0.2) is 13.4 Å². The van der Waals surface area contributed by atoms with Gasteiger partial charge in [0.1, 0.15) is 4.60 Å². The van der Waals surface area contributed by atoms with Gasteiger partial charge in [-0.25, -0.2) is 18.5 Å². The second-order valence-corrected chi connectivity index (χ2v) is 6.73. The molecular weight excluding hydrogens is 400 g/mol. The van der Waals surface area contributed by atoms with E-state index in [1.165, 1.54) is 16.7 Å². The van der Waals surface area contributed by atoms with Crippen LogP contribution < -0.4 is 5.14 Å². The van der Waals surface area contributed by atoms with Crippen LogP contribution in [0.3, 0.4) is 0 Å². The minimum absolute atomic E-state index is 0.864. The van der Waals surface area contributed by atoms with Gasteiger partial charge < -0.3 is 0 Å².